The van der Waals surface area contributed by atoms with Gasteiger partial charge >= 0.3 is 5.69 Å². The molecule has 1 saturated heterocycles. The largest absolute Gasteiger partial charge is 0.354 e. The quantitative estimate of drug-likeness (QED) is 0.570. The fourth-order valence-corrected chi connectivity index (χ4v) is 1.79. The average Bonchev–Trinajstić information content (AvgIpc) is 2.39. The van der Waals surface area contributed by atoms with E-state index in [0.29, 0.717) is 25.6 Å². The maximum atomic E-state index is 11.4. The molecule has 1 fully saturated rings. The summed E-state index contributed by atoms with van der Waals surface area (Å²) in [5.74, 6) is 0.309. The number of amides is 1. The number of hydrogen-bond donors (Lipinski definition) is 2. The van der Waals surface area contributed by atoms with Crippen molar-refractivity contribution in [3.05, 3.63) is 16.3 Å². The first-order valence-corrected chi connectivity index (χ1v) is 5.88. The van der Waals surface area contributed by atoms with Gasteiger partial charge in [-0.05, 0) is 6.92 Å². The number of anilines is 2. The van der Waals surface area contributed by atoms with Crippen LogP contribution in [0.3, 0.4) is 0 Å². The van der Waals surface area contributed by atoms with Crippen LogP contribution in [0.5, 0.6) is 0 Å². The Morgan fingerprint density at radius 1 is 1.63 bits per heavy atom. The second-order valence-corrected chi connectivity index (χ2v) is 3.96. The SMILES string of the molecule is CCNc1ncc([N+](=O)[O-])c(N2CCNC(=O)C2)n1. The van der Waals surface area contributed by atoms with Gasteiger partial charge in [0.25, 0.3) is 0 Å². The fourth-order valence-electron chi connectivity index (χ4n) is 1.79. The van der Waals surface area contributed by atoms with Crippen molar-refractivity contribution >= 4 is 23.4 Å². The van der Waals surface area contributed by atoms with Crippen LogP contribution in [0.2, 0.25) is 0 Å². The number of nitrogens with zero attached hydrogens (tertiary/aromatic N) is 4. The number of carbonyl (C=O) groups excluding carboxylic acids is 1. The number of nitro groups is 1. The summed E-state index contributed by atoms with van der Waals surface area (Å²) in [6.07, 6.45) is 1.16. The number of hydrogen-bond acceptors (Lipinski definition) is 7. The molecule has 2 N–H and O–H groups in total. The maximum Gasteiger partial charge on any atom is 0.329 e. The van der Waals surface area contributed by atoms with E-state index in [9.17, 15) is 14.9 Å². The van der Waals surface area contributed by atoms with Gasteiger partial charge < -0.3 is 15.5 Å². The Bertz CT molecular complexity index is 506. The number of carbonyl (C=O) groups is 1. The van der Waals surface area contributed by atoms with E-state index in [1.807, 2.05) is 6.92 Å². The number of rotatable bonds is 4. The molecule has 0 bridgehead atoms. The second-order valence-electron chi connectivity index (χ2n) is 3.96. The highest BCUT2D eigenvalue weighted by atomic mass is 16.6. The van der Waals surface area contributed by atoms with Gasteiger partial charge in [0.05, 0.1) is 11.5 Å². The minimum atomic E-state index is -0.544. The van der Waals surface area contributed by atoms with Crippen molar-refractivity contribution in [3.8, 4) is 0 Å². The Balaban J connectivity index is 2.36. The molecule has 0 aliphatic carbocycles. The highest BCUT2D eigenvalue weighted by Gasteiger charge is 2.26. The number of piperazine rings is 1. The molecule has 2 heterocycles. The molecule has 0 saturated carbocycles. The summed E-state index contributed by atoms with van der Waals surface area (Å²) in [7, 11) is 0. The molecule has 102 valence electrons. The van der Waals surface area contributed by atoms with Crippen LogP contribution in [-0.2, 0) is 4.79 Å². The topological polar surface area (TPSA) is 113 Å². The first-order valence-electron chi connectivity index (χ1n) is 5.88. The monoisotopic (exact) mass is 266 g/mol. The van der Waals surface area contributed by atoms with Crippen molar-refractivity contribution < 1.29 is 9.72 Å². The van der Waals surface area contributed by atoms with Gasteiger partial charge in [-0.2, -0.15) is 4.98 Å². The highest BCUT2D eigenvalue weighted by Crippen LogP contribution is 2.26. The van der Waals surface area contributed by atoms with Gasteiger partial charge in [0.15, 0.2) is 0 Å². The summed E-state index contributed by atoms with van der Waals surface area (Å²) in [5.41, 5.74) is -0.198. The highest BCUT2D eigenvalue weighted by molar-refractivity contribution is 5.83. The van der Waals surface area contributed by atoms with Gasteiger partial charge in [-0.15, -0.1) is 0 Å². The molecule has 0 spiro atoms. The minimum Gasteiger partial charge on any atom is -0.354 e. The van der Waals surface area contributed by atoms with E-state index in [1.54, 1.807) is 4.90 Å². The van der Waals surface area contributed by atoms with Crippen molar-refractivity contribution in [2.24, 2.45) is 0 Å². The molecule has 0 unspecified atom stereocenters. The van der Waals surface area contributed by atoms with E-state index in [-0.39, 0.29) is 24.0 Å². The van der Waals surface area contributed by atoms with Gasteiger partial charge in [0.2, 0.25) is 17.7 Å². The molecule has 1 aliphatic heterocycles. The third-order valence-electron chi connectivity index (χ3n) is 2.62. The molecule has 19 heavy (non-hydrogen) atoms. The number of nitrogens with one attached hydrogen (secondary N) is 2. The minimum absolute atomic E-state index is 0.0589. The maximum absolute atomic E-state index is 11.4. The molecule has 1 aromatic rings. The van der Waals surface area contributed by atoms with Crippen LogP contribution >= 0.6 is 0 Å². The van der Waals surface area contributed by atoms with Gasteiger partial charge in [-0.25, -0.2) is 4.98 Å². The van der Waals surface area contributed by atoms with Crippen molar-refractivity contribution in [2.75, 3.05) is 36.4 Å². The molecule has 0 atom stereocenters. The Labute approximate surface area is 109 Å². The van der Waals surface area contributed by atoms with Crippen LogP contribution in [0.4, 0.5) is 17.5 Å². The van der Waals surface area contributed by atoms with Crippen LogP contribution in [0.25, 0.3) is 0 Å². The molecule has 0 aromatic carbocycles. The lowest BCUT2D eigenvalue weighted by molar-refractivity contribution is -0.384. The van der Waals surface area contributed by atoms with Crippen molar-refractivity contribution in [3.63, 3.8) is 0 Å². The zero-order valence-corrected chi connectivity index (χ0v) is 10.4. The summed E-state index contributed by atoms with van der Waals surface area (Å²) in [6, 6.07) is 0. The average molecular weight is 266 g/mol. The zero-order chi connectivity index (χ0) is 13.8. The zero-order valence-electron chi connectivity index (χ0n) is 10.4. The van der Waals surface area contributed by atoms with Gasteiger partial charge in [-0.3, -0.25) is 14.9 Å². The number of aromatic nitrogens is 2. The second kappa shape index (κ2) is 5.46. The van der Waals surface area contributed by atoms with Gasteiger partial charge in [0, 0.05) is 19.6 Å². The lowest BCUT2D eigenvalue weighted by Crippen LogP contribution is -2.48. The Kier molecular flexibility index (Phi) is 3.74. The fraction of sp³-hybridized carbons (Fsp3) is 0.500. The molecule has 1 aliphatic rings. The van der Waals surface area contributed by atoms with Crippen LogP contribution in [0.1, 0.15) is 6.92 Å². The molecule has 9 nitrogen and oxygen atoms in total. The third-order valence-corrected chi connectivity index (χ3v) is 2.62. The van der Waals surface area contributed by atoms with E-state index in [4.69, 9.17) is 0 Å². The Hall–Kier alpha value is -2.45. The van der Waals surface area contributed by atoms with Crippen LogP contribution in [0.15, 0.2) is 6.20 Å². The van der Waals surface area contributed by atoms with Crippen molar-refractivity contribution in [1.82, 2.24) is 15.3 Å². The predicted octanol–water partition coefficient (Wildman–Crippen LogP) is -0.247. The van der Waals surface area contributed by atoms with E-state index in [0.717, 1.165) is 6.20 Å². The van der Waals surface area contributed by atoms with Gasteiger partial charge in [-0.1, -0.05) is 0 Å². The first kappa shape index (κ1) is 13.0. The summed E-state index contributed by atoms with van der Waals surface area (Å²) < 4.78 is 0. The Morgan fingerprint density at radius 3 is 3.05 bits per heavy atom. The van der Waals surface area contributed by atoms with E-state index < -0.39 is 4.92 Å². The van der Waals surface area contributed by atoms with Gasteiger partial charge in [0.1, 0.15) is 6.20 Å². The van der Waals surface area contributed by atoms with E-state index in [1.165, 1.54) is 0 Å². The standard InChI is InChI=1S/C10H14N6O3/c1-2-11-10-13-5-7(16(18)19)9(14-10)15-4-3-12-8(17)6-15/h5H,2-4,6H2,1H3,(H,12,17)(H,11,13,14). The predicted molar refractivity (Wildman–Crippen MR) is 68.1 cm³/mol. The Morgan fingerprint density at radius 2 is 2.42 bits per heavy atom. The van der Waals surface area contributed by atoms with Crippen LogP contribution < -0.4 is 15.5 Å². The lowest BCUT2D eigenvalue weighted by Gasteiger charge is -2.27. The molecule has 0 radical (unpaired) electrons. The summed E-state index contributed by atoms with van der Waals surface area (Å²) in [5, 5.41) is 16.5. The molecular formula is C10H14N6O3. The van der Waals surface area contributed by atoms with Crippen LogP contribution in [-0.4, -0.2) is 47.0 Å². The smallest absolute Gasteiger partial charge is 0.329 e. The summed E-state index contributed by atoms with van der Waals surface area (Å²) in [4.78, 5) is 31.4. The summed E-state index contributed by atoms with van der Waals surface area (Å²) >= 11 is 0. The molecule has 1 aromatic heterocycles. The van der Waals surface area contributed by atoms with Crippen molar-refractivity contribution in [2.45, 2.75) is 6.92 Å². The van der Waals surface area contributed by atoms with E-state index in [2.05, 4.69) is 20.6 Å². The first-order chi connectivity index (χ1) is 9.11. The lowest BCUT2D eigenvalue weighted by atomic mass is 10.3. The normalized spacial score (nSPS) is 15.0. The van der Waals surface area contributed by atoms with E-state index >= 15 is 0 Å². The third kappa shape index (κ3) is 2.87. The van der Waals surface area contributed by atoms with Crippen LogP contribution in [0, 0.1) is 10.1 Å². The molecule has 1 amide bonds. The molecular weight excluding hydrogens is 252 g/mol. The van der Waals surface area contributed by atoms with Crippen molar-refractivity contribution in [1.29, 1.82) is 0 Å². The molecule has 9 heteroatoms. The summed E-state index contributed by atoms with van der Waals surface area (Å²) in [6.45, 7) is 3.46. The molecule has 2 rings (SSSR count).